The molecule has 1 aliphatic rings. The highest BCUT2D eigenvalue weighted by atomic mass is 32.2. The molecule has 1 fully saturated rings. The van der Waals surface area contributed by atoms with Gasteiger partial charge in [0, 0.05) is 23.8 Å². The van der Waals surface area contributed by atoms with Gasteiger partial charge in [0.2, 0.25) is 0 Å². The second-order valence-electron chi connectivity index (χ2n) is 4.95. The van der Waals surface area contributed by atoms with Gasteiger partial charge in [0.1, 0.15) is 0 Å². The molecule has 0 aromatic heterocycles. The molecule has 0 spiro atoms. The van der Waals surface area contributed by atoms with Gasteiger partial charge < -0.3 is 15.8 Å². The average molecular weight is 293 g/mol. The monoisotopic (exact) mass is 293 g/mol. The molecule has 1 aromatic carbocycles. The first-order valence-electron chi connectivity index (χ1n) is 7.09. The smallest absolute Gasteiger partial charge is 0.188 e. The molecule has 1 atom stereocenters. The van der Waals surface area contributed by atoms with Crippen molar-refractivity contribution in [2.45, 2.75) is 30.8 Å². The number of aliphatic imine (C=N–C) groups is 1. The van der Waals surface area contributed by atoms with Crippen molar-refractivity contribution in [1.82, 2.24) is 5.32 Å². The molecule has 4 nitrogen and oxygen atoms in total. The molecule has 1 heterocycles. The second kappa shape index (κ2) is 8.17. The lowest BCUT2D eigenvalue weighted by molar-refractivity contribution is 0.118. The van der Waals surface area contributed by atoms with Crippen molar-refractivity contribution in [1.29, 1.82) is 0 Å². The molecule has 1 aliphatic heterocycles. The van der Waals surface area contributed by atoms with Gasteiger partial charge in [-0.25, -0.2) is 0 Å². The molecule has 0 radical (unpaired) electrons. The molecule has 1 aromatic rings. The van der Waals surface area contributed by atoms with E-state index in [2.05, 4.69) is 41.5 Å². The van der Waals surface area contributed by atoms with Gasteiger partial charge in [-0.2, -0.15) is 0 Å². The van der Waals surface area contributed by atoms with E-state index in [9.17, 15) is 0 Å². The lowest BCUT2D eigenvalue weighted by Gasteiger charge is -2.08. The Bertz CT molecular complexity index is 427. The largest absolute Gasteiger partial charge is 0.376 e. The van der Waals surface area contributed by atoms with Crippen LogP contribution < -0.4 is 11.1 Å². The van der Waals surface area contributed by atoms with Gasteiger partial charge in [0.05, 0.1) is 12.6 Å². The zero-order valence-corrected chi connectivity index (χ0v) is 12.8. The molecule has 0 saturated carbocycles. The van der Waals surface area contributed by atoms with E-state index in [0.29, 0.717) is 12.5 Å². The second-order valence-corrected chi connectivity index (χ2v) is 6.12. The Morgan fingerprint density at radius 3 is 2.95 bits per heavy atom. The molecule has 0 amide bonds. The number of aryl methyl sites for hydroxylation is 1. The third kappa shape index (κ3) is 5.43. The molecule has 0 bridgehead atoms. The molecule has 3 N–H and O–H groups in total. The zero-order valence-electron chi connectivity index (χ0n) is 12.0. The summed E-state index contributed by atoms with van der Waals surface area (Å²) in [5, 5.41) is 3.14. The van der Waals surface area contributed by atoms with Gasteiger partial charge in [0.15, 0.2) is 5.96 Å². The number of nitrogens with one attached hydrogen (secondary N) is 1. The van der Waals surface area contributed by atoms with Crippen molar-refractivity contribution in [2.24, 2.45) is 10.7 Å². The molecule has 110 valence electrons. The normalized spacial score (nSPS) is 19.2. The van der Waals surface area contributed by atoms with Crippen LogP contribution in [0.5, 0.6) is 0 Å². The van der Waals surface area contributed by atoms with Gasteiger partial charge in [-0.3, -0.25) is 4.99 Å². The number of benzene rings is 1. The maximum Gasteiger partial charge on any atom is 0.188 e. The average Bonchev–Trinajstić information content (AvgIpc) is 2.96. The van der Waals surface area contributed by atoms with E-state index in [1.807, 2.05) is 11.8 Å². The van der Waals surface area contributed by atoms with Gasteiger partial charge >= 0.3 is 0 Å². The fourth-order valence-corrected chi connectivity index (χ4v) is 2.80. The van der Waals surface area contributed by atoms with Crippen LogP contribution in [-0.4, -0.2) is 37.5 Å². The first-order chi connectivity index (χ1) is 9.74. The summed E-state index contributed by atoms with van der Waals surface area (Å²) < 4.78 is 5.50. The maximum atomic E-state index is 5.83. The highest BCUT2D eigenvalue weighted by Gasteiger charge is 2.14. The van der Waals surface area contributed by atoms with Crippen LogP contribution in [0, 0.1) is 6.92 Å². The molecule has 5 heteroatoms. The van der Waals surface area contributed by atoms with Crippen LogP contribution in [0.2, 0.25) is 0 Å². The topological polar surface area (TPSA) is 59.6 Å². The molecule has 2 rings (SSSR count). The Balaban J connectivity index is 1.59. The number of hydrogen-bond acceptors (Lipinski definition) is 3. The number of guanidine groups is 1. The quantitative estimate of drug-likeness (QED) is 0.365. The fourth-order valence-electron chi connectivity index (χ4n) is 2.03. The number of hydrogen-bond donors (Lipinski definition) is 2. The summed E-state index contributed by atoms with van der Waals surface area (Å²) in [6.45, 7) is 4.45. The number of thioether (sulfide) groups is 1. The summed E-state index contributed by atoms with van der Waals surface area (Å²) in [7, 11) is 0. The van der Waals surface area contributed by atoms with Crippen LogP contribution in [-0.2, 0) is 4.74 Å². The molecule has 20 heavy (non-hydrogen) atoms. The van der Waals surface area contributed by atoms with Crippen molar-refractivity contribution < 1.29 is 4.74 Å². The summed E-state index contributed by atoms with van der Waals surface area (Å²) in [5.74, 6) is 1.49. The summed E-state index contributed by atoms with van der Waals surface area (Å²) in [4.78, 5) is 5.60. The Morgan fingerprint density at radius 2 is 2.25 bits per heavy atom. The van der Waals surface area contributed by atoms with Crippen molar-refractivity contribution in [3.63, 3.8) is 0 Å². The van der Waals surface area contributed by atoms with Crippen LogP contribution in [0.1, 0.15) is 18.4 Å². The standard InChI is InChI=1S/C15H23N3OS/c1-12-4-6-14(7-5-12)20-10-8-17-15(16)18-11-13-3-2-9-19-13/h4-7,13H,2-3,8-11H2,1H3,(H3,16,17,18). The lowest BCUT2D eigenvalue weighted by atomic mass is 10.2. The Kier molecular flexibility index (Phi) is 6.21. The van der Waals surface area contributed by atoms with Gasteiger partial charge in [0.25, 0.3) is 0 Å². The number of nitrogens with zero attached hydrogens (tertiary/aromatic N) is 1. The minimum atomic E-state index is 0.261. The number of rotatable bonds is 6. The maximum absolute atomic E-state index is 5.83. The fraction of sp³-hybridized carbons (Fsp3) is 0.533. The summed E-state index contributed by atoms with van der Waals surface area (Å²) in [6, 6.07) is 8.56. The van der Waals surface area contributed by atoms with E-state index in [1.54, 1.807) is 0 Å². The molecular formula is C15H23N3OS. The lowest BCUT2D eigenvalue weighted by Crippen LogP contribution is -2.34. The molecular weight excluding hydrogens is 270 g/mol. The van der Waals surface area contributed by atoms with Crippen molar-refractivity contribution in [3.8, 4) is 0 Å². The van der Waals surface area contributed by atoms with E-state index in [1.165, 1.54) is 10.5 Å². The number of nitrogens with two attached hydrogens (primary N) is 1. The summed E-state index contributed by atoms with van der Waals surface area (Å²) in [6.07, 6.45) is 2.50. The van der Waals surface area contributed by atoms with Gasteiger partial charge in [-0.15, -0.1) is 11.8 Å². The molecule has 0 aliphatic carbocycles. The third-order valence-electron chi connectivity index (χ3n) is 3.19. The van der Waals surface area contributed by atoms with Crippen LogP contribution in [0.15, 0.2) is 34.2 Å². The predicted molar refractivity (Wildman–Crippen MR) is 85.4 cm³/mol. The number of ether oxygens (including phenoxy) is 1. The van der Waals surface area contributed by atoms with Crippen LogP contribution >= 0.6 is 11.8 Å². The summed E-state index contributed by atoms with van der Waals surface area (Å²) >= 11 is 1.82. The third-order valence-corrected chi connectivity index (χ3v) is 4.20. The van der Waals surface area contributed by atoms with Crippen molar-refractivity contribution in [3.05, 3.63) is 29.8 Å². The minimum Gasteiger partial charge on any atom is -0.376 e. The van der Waals surface area contributed by atoms with Crippen molar-refractivity contribution >= 4 is 17.7 Å². The zero-order chi connectivity index (χ0) is 14.2. The van der Waals surface area contributed by atoms with E-state index in [0.717, 1.165) is 31.7 Å². The van der Waals surface area contributed by atoms with Crippen molar-refractivity contribution in [2.75, 3.05) is 25.4 Å². The van der Waals surface area contributed by atoms with E-state index in [4.69, 9.17) is 10.5 Å². The Hall–Kier alpha value is -1.20. The molecule has 1 unspecified atom stereocenters. The Morgan fingerprint density at radius 1 is 1.45 bits per heavy atom. The molecule has 1 saturated heterocycles. The predicted octanol–water partition coefficient (Wildman–Crippen LogP) is 2.17. The Labute approximate surface area is 125 Å². The van der Waals surface area contributed by atoms with E-state index < -0.39 is 0 Å². The van der Waals surface area contributed by atoms with Gasteiger partial charge in [-0.05, 0) is 31.9 Å². The van der Waals surface area contributed by atoms with E-state index in [-0.39, 0.29) is 6.10 Å². The highest BCUT2D eigenvalue weighted by Crippen LogP contribution is 2.17. The van der Waals surface area contributed by atoms with E-state index >= 15 is 0 Å². The first-order valence-corrected chi connectivity index (χ1v) is 8.07. The van der Waals surface area contributed by atoms with Crippen LogP contribution in [0.25, 0.3) is 0 Å². The van der Waals surface area contributed by atoms with Gasteiger partial charge in [-0.1, -0.05) is 17.7 Å². The van der Waals surface area contributed by atoms with Crippen LogP contribution in [0.4, 0.5) is 0 Å². The highest BCUT2D eigenvalue weighted by molar-refractivity contribution is 7.99. The summed E-state index contributed by atoms with van der Waals surface area (Å²) in [5.41, 5.74) is 7.12. The SMILES string of the molecule is Cc1ccc(SCCNC(N)=NCC2CCCO2)cc1. The van der Waals surface area contributed by atoms with Crippen LogP contribution in [0.3, 0.4) is 0 Å². The first kappa shape index (κ1) is 15.2. The minimum absolute atomic E-state index is 0.261.